The van der Waals surface area contributed by atoms with Crippen molar-refractivity contribution in [2.75, 3.05) is 10.6 Å². The second-order valence-electron chi connectivity index (χ2n) is 8.46. The maximum atomic E-state index is 12.9. The van der Waals surface area contributed by atoms with Gasteiger partial charge in [-0.15, -0.1) is 10.2 Å². The number of nitro benzene ring substituents is 1. The van der Waals surface area contributed by atoms with Crippen molar-refractivity contribution in [2.24, 2.45) is 0 Å². The maximum absolute atomic E-state index is 12.9. The molecule has 1 aliphatic heterocycles. The standard InChI is InChI=1S/C23H23ClN6O3/c24-18-9-8-16(13-17(18)22-28-27-21-4-2-1-3-11-29(21)22)26-23(31)14-5-10-19(25-15-6-7-15)20(12-14)30(32)33/h5,8-10,12-13,15,25H,1-4,6-7,11H2,(H,26,31). The lowest BCUT2D eigenvalue weighted by atomic mass is 10.1. The van der Waals surface area contributed by atoms with Crippen molar-refractivity contribution < 1.29 is 9.72 Å². The Balaban J connectivity index is 1.40. The molecule has 2 aliphatic rings. The largest absolute Gasteiger partial charge is 0.377 e. The van der Waals surface area contributed by atoms with E-state index >= 15 is 0 Å². The Morgan fingerprint density at radius 1 is 1.12 bits per heavy atom. The summed E-state index contributed by atoms with van der Waals surface area (Å²) in [4.78, 5) is 23.9. The molecular weight excluding hydrogens is 444 g/mol. The predicted molar refractivity (Wildman–Crippen MR) is 126 cm³/mol. The molecule has 3 aromatic rings. The second-order valence-corrected chi connectivity index (χ2v) is 8.87. The number of fused-ring (bicyclic) bond motifs is 1. The van der Waals surface area contributed by atoms with E-state index < -0.39 is 10.8 Å². The molecule has 2 N–H and O–H groups in total. The molecule has 0 bridgehead atoms. The number of nitro groups is 1. The Morgan fingerprint density at radius 2 is 1.97 bits per heavy atom. The van der Waals surface area contributed by atoms with Crippen LogP contribution in [0.4, 0.5) is 17.1 Å². The van der Waals surface area contributed by atoms with E-state index in [1.165, 1.54) is 6.07 Å². The van der Waals surface area contributed by atoms with Gasteiger partial charge in [0.1, 0.15) is 11.5 Å². The number of halogens is 1. The highest BCUT2D eigenvalue weighted by Gasteiger charge is 2.26. The molecule has 10 heteroatoms. The first-order valence-corrected chi connectivity index (χ1v) is 11.5. The maximum Gasteiger partial charge on any atom is 0.293 e. The average molecular weight is 467 g/mol. The fourth-order valence-corrected chi connectivity index (χ4v) is 4.26. The monoisotopic (exact) mass is 466 g/mol. The van der Waals surface area contributed by atoms with Crippen LogP contribution in [-0.4, -0.2) is 31.6 Å². The number of amides is 1. The third kappa shape index (κ3) is 4.54. The first kappa shape index (κ1) is 21.4. The van der Waals surface area contributed by atoms with Crippen LogP contribution in [0.15, 0.2) is 36.4 Å². The number of rotatable bonds is 6. The third-order valence-corrected chi connectivity index (χ3v) is 6.30. The molecular formula is C23H23ClN6O3. The zero-order valence-electron chi connectivity index (χ0n) is 17.9. The van der Waals surface area contributed by atoms with Crippen molar-refractivity contribution in [3.8, 4) is 11.4 Å². The van der Waals surface area contributed by atoms with Gasteiger partial charge in [0.05, 0.1) is 9.95 Å². The number of carbonyl (C=O) groups excluding carboxylic acids is 1. The minimum Gasteiger partial charge on any atom is -0.377 e. The number of nitrogens with zero attached hydrogens (tertiary/aromatic N) is 4. The van der Waals surface area contributed by atoms with Gasteiger partial charge in [0.2, 0.25) is 0 Å². The molecule has 1 amide bonds. The van der Waals surface area contributed by atoms with Gasteiger partial charge in [-0.25, -0.2) is 0 Å². The van der Waals surface area contributed by atoms with Gasteiger partial charge in [-0.3, -0.25) is 14.9 Å². The highest BCUT2D eigenvalue weighted by molar-refractivity contribution is 6.33. The van der Waals surface area contributed by atoms with Gasteiger partial charge in [0, 0.05) is 41.9 Å². The quantitative estimate of drug-likeness (QED) is 0.387. The predicted octanol–water partition coefficient (Wildman–Crippen LogP) is 5.06. The van der Waals surface area contributed by atoms with Crippen molar-refractivity contribution in [1.82, 2.24) is 14.8 Å². The Hall–Kier alpha value is -3.46. The summed E-state index contributed by atoms with van der Waals surface area (Å²) in [6.45, 7) is 0.829. The van der Waals surface area contributed by atoms with Gasteiger partial charge in [0.25, 0.3) is 11.6 Å². The van der Waals surface area contributed by atoms with E-state index in [0.29, 0.717) is 27.8 Å². The third-order valence-electron chi connectivity index (χ3n) is 5.97. The highest BCUT2D eigenvalue weighted by Crippen LogP contribution is 2.33. The normalized spacial score (nSPS) is 15.4. The summed E-state index contributed by atoms with van der Waals surface area (Å²) in [5.74, 6) is 1.18. The molecule has 1 fully saturated rings. The lowest BCUT2D eigenvalue weighted by Crippen LogP contribution is -2.13. The molecule has 1 aliphatic carbocycles. The van der Waals surface area contributed by atoms with Crippen LogP contribution in [0, 0.1) is 10.1 Å². The number of carbonyl (C=O) groups is 1. The Kier molecular flexibility index (Phi) is 5.72. The molecule has 0 atom stereocenters. The van der Waals surface area contributed by atoms with Crippen LogP contribution in [0.25, 0.3) is 11.4 Å². The summed E-state index contributed by atoms with van der Waals surface area (Å²) in [6.07, 6.45) is 6.15. The fourth-order valence-electron chi connectivity index (χ4n) is 4.06. The Bertz CT molecular complexity index is 1240. The molecule has 2 aromatic carbocycles. The lowest BCUT2D eigenvalue weighted by molar-refractivity contribution is -0.384. The number of nitrogens with one attached hydrogen (secondary N) is 2. The zero-order valence-corrected chi connectivity index (χ0v) is 18.6. The number of hydrogen-bond donors (Lipinski definition) is 2. The number of aryl methyl sites for hydroxylation is 1. The van der Waals surface area contributed by atoms with Gasteiger partial charge >= 0.3 is 0 Å². The van der Waals surface area contributed by atoms with Crippen molar-refractivity contribution in [3.63, 3.8) is 0 Å². The smallest absolute Gasteiger partial charge is 0.293 e. The van der Waals surface area contributed by atoms with E-state index in [-0.39, 0.29) is 17.3 Å². The van der Waals surface area contributed by atoms with Crippen LogP contribution in [-0.2, 0) is 13.0 Å². The van der Waals surface area contributed by atoms with Crippen LogP contribution >= 0.6 is 11.6 Å². The van der Waals surface area contributed by atoms with Crippen molar-refractivity contribution >= 4 is 34.6 Å². The molecule has 0 radical (unpaired) electrons. The Labute approximate surface area is 195 Å². The van der Waals surface area contributed by atoms with Crippen molar-refractivity contribution in [1.29, 1.82) is 0 Å². The van der Waals surface area contributed by atoms with Crippen molar-refractivity contribution in [3.05, 3.63) is 62.9 Å². The SMILES string of the molecule is O=C(Nc1ccc(Cl)c(-c2nnc3n2CCCCC3)c1)c1ccc(NC2CC2)c([N+](=O)[O-])c1. The highest BCUT2D eigenvalue weighted by atomic mass is 35.5. The molecule has 1 saturated carbocycles. The van der Waals surface area contributed by atoms with E-state index in [1.54, 1.807) is 30.3 Å². The van der Waals surface area contributed by atoms with Crippen LogP contribution < -0.4 is 10.6 Å². The molecule has 1 aromatic heterocycles. The van der Waals surface area contributed by atoms with Gasteiger partial charge < -0.3 is 15.2 Å². The van der Waals surface area contributed by atoms with Crippen LogP contribution in [0.1, 0.15) is 48.3 Å². The summed E-state index contributed by atoms with van der Waals surface area (Å²) in [5, 5.41) is 26.7. The van der Waals surface area contributed by atoms with E-state index in [2.05, 4.69) is 25.4 Å². The van der Waals surface area contributed by atoms with Gasteiger partial charge in [-0.05, 0) is 56.0 Å². The first-order chi connectivity index (χ1) is 16.0. The number of anilines is 2. The van der Waals surface area contributed by atoms with E-state index in [1.807, 2.05) is 0 Å². The minimum atomic E-state index is -0.473. The molecule has 0 saturated heterocycles. The molecule has 5 rings (SSSR count). The van der Waals surface area contributed by atoms with E-state index in [9.17, 15) is 14.9 Å². The molecule has 33 heavy (non-hydrogen) atoms. The minimum absolute atomic E-state index is 0.113. The number of aromatic nitrogens is 3. The van der Waals surface area contributed by atoms with Crippen LogP contribution in [0.3, 0.4) is 0 Å². The van der Waals surface area contributed by atoms with Gasteiger partial charge in [-0.2, -0.15) is 0 Å². The van der Waals surface area contributed by atoms with Crippen LogP contribution in [0.2, 0.25) is 5.02 Å². The fraction of sp³-hybridized carbons (Fsp3) is 0.348. The summed E-state index contributed by atoms with van der Waals surface area (Å²) >= 11 is 6.47. The first-order valence-electron chi connectivity index (χ1n) is 11.1. The summed E-state index contributed by atoms with van der Waals surface area (Å²) < 4.78 is 2.09. The zero-order chi connectivity index (χ0) is 22.9. The average Bonchev–Trinajstić information content (AvgIpc) is 3.58. The summed E-state index contributed by atoms with van der Waals surface area (Å²) in [7, 11) is 0. The van der Waals surface area contributed by atoms with Gasteiger partial charge in [-0.1, -0.05) is 18.0 Å². The summed E-state index contributed by atoms with van der Waals surface area (Å²) in [5.41, 5.74) is 1.73. The van der Waals surface area contributed by atoms with E-state index in [4.69, 9.17) is 11.6 Å². The van der Waals surface area contributed by atoms with Crippen LogP contribution in [0.5, 0.6) is 0 Å². The molecule has 9 nitrogen and oxygen atoms in total. The van der Waals surface area contributed by atoms with E-state index in [0.717, 1.165) is 50.9 Å². The number of benzene rings is 2. The molecule has 0 unspecified atom stereocenters. The lowest BCUT2D eigenvalue weighted by Gasteiger charge is -2.12. The molecule has 170 valence electrons. The number of hydrogen-bond acceptors (Lipinski definition) is 6. The van der Waals surface area contributed by atoms with Gasteiger partial charge in [0.15, 0.2) is 5.82 Å². The molecule has 0 spiro atoms. The second kappa shape index (κ2) is 8.82. The van der Waals surface area contributed by atoms with Crippen molar-refractivity contribution in [2.45, 2.75) is 51.1 Å². The molecule has 2 heterocycles. The summed E-state index contributed by atoms with van der Waals surface area (Å²) in [6, 6.07) is 9.90. The Morgan fingerprint density at radius 3 is 2.76 bits per heavy atom. The topological polar surface area (TPSA) is 115 Å².